The molecule has 20 heavy (non-hydrogen) atoms. The Morgan fingerprint density at radius 1 is 1.30 bits per heavy atom. The van der Waals surface area contributed by atoms with Crippen LogP contribution in [0.25, 0.3) is 0 Å². The summed E-state index contributed by atoms with van der Waals surface area (Å²) in [4.78, 5) is 5.96. The highest BCUT2D eigenvalue weighted by Crippen LogP contribution is 2.27. The van der Waals surface area contributed by atoms with Gasteiger partial charge in [0.15, 0.2) is 11.6 Å². The molecule has 1 aliphatic heterocycles. The zero-order chi connectivity index (χ0) is 13.9. The van der Waals surface area contributed by atoms with Gasteiger partial charge in [0.05, 0.1) is 6.61 Å². The normalized spacial score (nSPS) is 19.1. The first kappa shape index (κ1) is 12.9. The first-order chi connectivity index (χ1) is 9.74. The second-order valence-electron chi connectivity index (χ2n) is 4.71. The summed E-state index contributed by atoms with van der Waals surface area (Å²) < 4.78 is 19.5. The SMILES string of the molecule is Oc1cccc([C@@H]2CN(c3ncccc3F)CCO2)c1. The van der Waals surface area contributed by atoms with Crippen molar-refractivity contribution in [1.29, 1.82) is 0 Å². The molecule has 0 saturated carbocycles. The number of aromatic hydroxyl groups is 1. The molecule has 1 aliphatic rings. The zero-order valence-electron chi connectivity index (χ0n) is 10.9. The van der Waals surface area contributed by atoms with Crippen LogP contribution in [0.5, 0.6) is 5.75 Å². The van der Waals surface area contributed by atoms with E-state index in [1.165, 1.54) is 6.07 Å². The number of morpholine rings is 1. The summed E-state index contributed by atoms with van der Waals surface area (Å²) in [5, 5.41) is 9.53. The summed E-state index contributed by atoms with van der Waals surface area (Å²) in [5.41, 5.74) is 0.881. The van der Waals surface area contributed by atoms with Crippen LogP contribution in [0.2, 0.25) is 0 Å². The topological polar surface area (TPSA) is 45.6 Å². The number of phenolic OH excluding ortho intramolecular Hbond substituents is 1. The maximum Gasteiger partial charge on any atom is 0.165 e. The average molecular weight is 274 g/mol. The molecule has 1 atom stereocenters. The van der Waals surface area contributed by atoms with E-state index >= 15 is 0 Å². The number of halogens is 1. The lowest BCUT2D eigenvalue weighted by Gasteiger charge is -2.34. The number of anilines is 1. The predicted octanol–water partition coefficient (Wildman–Crippen LogP) is 2.50. The van der Waals surface area contributed by atoms with E-state index in [4.69, 9.17) is 4.74 Å². The van der Waals surface area contributed by atoms with E-state index in [9.17, 15) is 9.50 Å². The highest BCUT2D eigenvalue weighted by atomic mass is 19.1. The summed E-state index contributed by atoms with van der Waals surface area (Å²) in [5.74, 6) is 0.220. The molecule has 1 aromatic carbocycles. The molecule has 1 fully saturated rings. The molecule has 0 spiro atoms. The van der Waals surface area contributed by atoms with Gasteiger partial charge in [-0.15, -0.1) is 0 Å². The van der Waals surface area contributed by atoms with Crippen LogP contribution in [0.4, 0.5) is 10.2 Å². The lowest BCUT2D eigenvalue weighted by Crippen LogP contribution is -2.39. The standard InChI is InChI=1S/C15H15FN2O2/c16-13-5-2-6-17-15(13)18-7-8-20-14(10-18)11-3-1-4-12(19)9-11/h1-6,9,14,19H,7-8,10H2/t14-/m0/s1. The van der Waals surface area contributed by atoms with E-state index < -0.39 is 0 Å². The van der Waals surface area contributed by atoms with Gasteiger partial charge in [0, 0.05) is 19.3 Å². The van der Waals surface area contributed by atoms with Crippen molar-refractivity contribution in [3.8, 4) is 5.75 Å². The van der Waals surface area contributed by atoms with Crippen LogP contribution in [0, 0.1) is 5.82 Å². The minimum Gasteiger partial charge on any atom is -0.508 e. The largest absolute Gasteiger partial charge is 0.508 e. The number of hydrogen-bond acceptors (Lipinski definition) is 4. The Morgan fingerprint density at radius 2 is 2.20 bits per heavy atom. The highest BCUT2D eigenvalue weighted by Gasteiger charge is 2.24. The smallest absolute Gasteiger partial charge is 0.165 e. The number of aromatic nitrogens is 1. The van der Waals surface area contributed by atoms with Crippen molar-refractivity contribution in [3.63, 3.8) is 0 Å². The van der Waals surface area contributed by atoms with Crippen molar-refractivity contribution in [2.45, 2.75) is 6.10 Å². The Bertz CT molecular complexity index is 606. The molecule has 104 valence electrons. The van der Waals surface area contributed by atoms with E-state index in [1.54, 1.807) is 30.5 Å². The third-order valence-corrected chi connectivity index (χ3v) is 3.35. The van der Waals surface area contributed by atoms with Crippen molar-refractivity contribution in [2.24, 2.45) is 0 Å². The second kappa shape index (κ2) is 5.46. The average Bonchev–Trinajstić information content (AvgIpc) is 2.48. The molecule has 5 heteroatoms. The number of ether oxygens (including phenoxy) is 1. The van der Waals surface area contributed by atoms with Gasteiger partial charge in [0.25, 0.3) is 0 Å². The van der Waals surface area contributed by atoms with Gasteiger partial charge in [0.1, 0.15) is 11.9 Å². The first-order valence-corrected chi connectivity index (χ1v) is 6.50. The molecule has 0 bridgehead atoms. The Balaban J connectivity index is 1.82. The van der Waals surface area contributed by atoms with Gasteiger partial charge in [0.2, 0.25) is 0 Å². The van der Waals surface area contributed by atoms with Crippen molar-refractivity contribution >= 4 is 5.82 Å². The Hall–Kier alpha value is -2.14. The van der Waals surface area contributed by atoms with Crippen LogP contribution in [0.1, 0.15) is 11.7 Å². The second-order valence-corrected chi connectivity index (χ2v) is 4.71. The van der Waals surface area contributed by atoms with E-state index in [2.05, 4.69) is 4.98 Å². The molecule has 2 heterocycles. The summed E-state index contributed by atoms with van der Waals surface area (Å²) in [6.07, 6.45) is 1.38. The van der Waals surface area contributed by atoms with Crippen LogP contribution in [0.15, 0.2) is 42.6 Å². The number of pyridine rings is 1. The Labute approximate surface area is 116 Å². The fourth-order valence-electron chi connectivity index (χ4n) is 2.38. The molecule has 1 aromatic heterocycles. The number of hydrogen-bond donors (Lipinski definition) is 1. The van der Waals surface area contributed by atoms with Crippen LogP contribution >= 0.6 is 0 Å². The van der Waals surface area contributed by atoms with E-state index in [0.29, 0.717) is 25.5 Å². The van der Waals surface area contributed by atoms with Gasteiger partial charge in [-0.25, -0.2) is 9.37 Å². The van der Waals surface area contributed by atoms with Crippen molar-refractivity contribution in [3.05, 3.63) is 54.0 Å². The molecule has 2 aromatic rings. The maximum atomic E-state index is 13.8. The van der Waals surface area contributed by atoms with E-state index in [-0.39, 0.29) is 17.7 Å². The van der Waals surface area contributed by atoms with Gasteiger partial charge >= 0.3 is 0 Å². The van der Waals surface area contributed by atoms with E-state index in [0.717, 1.165) is 5.56 Å². The van der Waals surface area contributed by atoms with E-state index in [1.807, 2.05) is 11.0 Å². The zero-order valence-corrected chi connectivity index (χ0v) is 10.9. The minimum absolute atomic E-state index is 0.197. The van der Waals surface area contributed by atoms with Crippen molar-refractivity contribution in [1.82, 2.24) is 4.98 Å². The van der Waals surface area contributed by atoms with Crippen LogP contribution in [-0.4, -0.2) is 29.8 Å². The molecule has 1 saturated heterocycles. The van der Waals surface area contributed by atoms with Crippen LogP contribution in [-0.2, 0) is 4.74 Å². The van der Waals surface area contributed by atoms with Gasteiger partial charge in [-0.05, 0) is 29.8 Å². The van der Waals surface area contributed by atoms with Crippen LogP contribution < -0.4 is 4.90 Å². The summed E-state index contributed by atoms with van der Waals surface area (Å²) in [6, 6.07) is 9.93. The van der Waals surface area contributed by atoms with Crippen LogP contribution in [0.3, 0.4) is 0 Å². The quantitative estimate of drug-likeness (QED) is 0.914. The maximum absolute atomic E-state index is 13.8. The lowest BCUT2D eigenvalue weighted by atomic mass is 10.1. The molecular weight excluding hydrogens is 259 g/mol. The van der Waals surface area contributed by atoms with Crippen molar-refractivity contribution in [2.75, 3.05) is 24.6 Å². The summed E-state index contributed by atoms with van der Waals surface area (Å²) >= 11 is 0. The van der Waals surface area contributed by atoms with Gasteiger partial charge < -0.3 is 14.7 Å². The number of phenols is 1. The Kier molecular flexibility index (Phi) is 3.52. The number of rotatable bonds is 2. The first-order valence-electron chi connectivity index (χ1n) is 6.50. The lowest BCUT2D eigenvalue weighted by molar-refractivity contribution is 0.0391. The molecule has 0 amide bonds. The molecule has 0 unspecified atom stereocenters. The molecular formula is C15H15FN2O2. The Morgan fingerprint density at radius 3 is 3.00 bits per heavy atom. The fraction of sp³-hybridized carbons (Fsp3) is 0.267. The third-order valence-electron chi connectivity index (χ3n) is 3.35. The molecule has 0 radical (unpaired) electrons. The van der Waals surface area contributed by atoms with Crippen molar-refractivity contribution < 1.29 is 14.2 Å². The molecule has 3 rings (SSSR count). The molecule has 1 N–H and O–H groups in total. The van der Waals surface area contributed by atoms with Gasteiger partial charge in [-0.3, -0.25) is 0 Å². The molecule has 0 aliphatic carbocycles. The monoisotopic (exact) mass is 274 g/mol. The molecule has 4 nitrogen and oxygen atoms in total. The minimum atomic E-state index is -0.330. The fourth-order valence-corrected chi connectivity index (χ4v) is 2.38. The van der Waals surface area contributed by atoms with Gasteiger partial charge in [-0.1, -0.05) is 12.1 Å². The highest BCUT2D eigenvalue weighted by molar-refractivity contribution is 5.41. The number of nitrogens with zero attached hydrogens (tertiary/aromatic N) is 2. The number of benzene rings is 1. The summed E-state index contributed by atoms with van der Waals surface area (Å²) in [7, 11) is 0. The summed E-state index contributed by atoms with van der Waals surface area (Å²) in [6.45, 7) is 1.61. The predicted molar refractivity (Wildman–Crippen MR) is 73.2 cm³/mol. The van der Waals surface area contributed by atoms with Gasteiger partial charge in [-0.2, -0.15) is 0 Å². The third kappa shape index (κ3) is 2.58.